The van der Waals surface area contributed by atoms with Gasteiger partial charge in [0.2, 0.25) is 0 Å². The molecule has 0 saturated carbocycles. The highest BCUT2D eigenvalue weighted by Gasteiger charge is 2.40. The van der Waals surface area contributed by atoms with Crippen molar-refractivity contribution in [2.75, 3.05) is 32.8 Å². The zero-order valence-electron chi connectivity index (χ0n) is 9.34. The molecule has 1 heterocycles. The average Bonchev–Trinajstić information content (AvgIpc) is 2.34. The van der Waals surface area contributed by atoms with Crippen molar-refractivity contribution in [2.24, 2.45) is 0 Å². The number of carbonyl (C=O) groups excluding carboxylic acids is 2. The molecule has 0 radical (unpaired) electrons. The van der Waals surface area contributed by atoms with Crippen molar-refractivity contribution in [1.29, 1.82) is 0 Å². The van der Waals surface area contributed by atoms with E-state index in [1.54, 1.807) is 0 Å². The number of esters is 1. The smallest absolute Gasteiger partial charge is 0.446 e. The van der Waals surface area contributed by atoms with Gasteiger partial charge in [0, 0.05) is 26.2 Å². The maximum absolute atomic E-state index is 11.7. The highest BCUT2D eigenvalue weighted by Crippen LogP contribution is 2.15. The summed E-state index contributed by atoms with van der Waals surface area (Å²) in [7, 11) is 0. The molecule has 0 unspecified atom stereocenters. The molecule has 1 amide bonds. The number of hydrogen-bond acceptors (Lipinski definition) is 4. The van der Waals surface area contributed by atoms with Crippen LogP contribution in [0.2, 0.25) is 0 Å². The van der Waals surface area contributed by atoms with Crippen molar-refractivity contribution in [2.45, 2.75) is 6.18 Å². The molecule has 5 nitrogen and oxygen atoms in total. The van der Waals surface area contributed by atoms with Crippen molar-refractivity contribution in [1.82, 2.24) is 10.2 Å². The summed E-state index contributed by atoms with van der Waals surface area (Å²) in [5.74, 6) is 1.40. The van der Waals surface area contributed by atoms with Crippen LogP contribution in [0, 0.1) is 11.8 Å². The summed E-state index contributed by atoms with van der Waals surface area (Å²) in [5, 5.41) is 3.03. The molecular weight excluding hydrogens is 253 g/mol. The van der Waals surface area contributed by atoms with E-state index in [0.717, 1.165) is 0 Å². The van der Waals surface area contributed by atoms with E-state index in [-0.39, 0.29) is 0 Å². The Hall–Kier alpha value is -1.75. The number of amides is 1. The molecule has 1 aliphatic rings. The Bertz CT molecular complexity index is 378. The van der Waals surface area contributed by atoms with E-state index in [0.29, 0.717) is 26.2 Å². The van der Waals surface area contributed by atoms with Crippen molar-refractivity contribution < 1.29 is 27.5 Å². The fourth-order valence-corrected chi connectivity index (χ4v) is 1.24. The van der Waals surface area contributed by atoms with Crippen LogP contribution >= 0.6 is 0 Å². The van der Waals surface area contributed by atoms with Gasteiger partial charge in [-0.1, -0.05) is 5.92 Å². The van der Waals surface area contributed by atoms with Crippen LogP contribution in [-0.2, 0) is 14.3 Å². The van der Waals surface area contributed by atoms with Crippen LogP contribution in [0.5, 0.6) is 0 Å². The summed E-state index contributed by atoms with van der Waals surface area (Å²) < 4.78 is 39.0. The number of carbonyl (C=O) groups is 2. The third kappa shape index (κ3) is 4.63. The Morgan fingerprint density at radius 3 is 2.44 bits per heavy atom. The van der Waals surface area contributed by atoms with Gasteiger partial charge >= 0.3 is 12.1 Å². The van der Waals surface area contributed by atoms with Crippen molar-refractivity contribution in [3.8, 4) is 11.8 Å². The third-order valence-electron chi connectivity index (χ3n) is 2.11. The van der Waals surface area contributed by atoms with E-state index in [4.69, 9.17) is 0 Å². The van der Waals surface area contributed by atoms with Gasteiger partial charge in [0.15, 0.2) is 6.61 Å². The van der Waals surface area contributed by atoms with Crippen LogP contribution in [0.4, 0.5) is 13.2 Å². The number of nitrogens with zero attached hydrogens (tertiary/aromatic N) is 1. The zero-order valence-corrected chi connectivity index (χ0v) is 9.34. The number of ether oxygens (including phenoxy) is 1. The van der Waals surface area contributed by atoms with Gasteiger partial charge in [-0.25, -0.2) is 4.79 Å². The van der Waals surface area contributed by atoms with Gasteiger partial charge in [-0.2, -0.15) is 13.2 Å². The quantitative estimate of drug-likeness (QED) is 0.514. The first kappa shape index (κ1) is 14.3. The van der Waals surface area contributed by atoms with Gasteiger partial charge in [0.25, 0.3) is 5.91 Å². The predicted molar refractivity (Wildman–Crippen MR) is 54.2 cm³/mol. The molecule has 100 valence electrons. The van der Waals surface area contributed by atoms with Gasteiger partial charge in [-0.3, -0.25) is 4.79 Å². The van der Waals surface area contributed by atoms with Gasteiger partial charge in [0.1, 0.15) is 0 Å². The number of rotatable bonds is 1. The minimum Gasteiger partial charge on any atom is -0.446 e. The van der Waals surface area contributed by atoms with Crippen LogP contribution in [0.15, 0.2) is 0 Å². The van der Waals surface area contributed by atoms with Crippen LogP contribution in [0.1, 0.15) is 0 Å². The van der Waals surface area contributed by atoms with Gasteiger partial charge < -0.3 is 15.0 Å². The largest absolute Gasteiger partial charge is 0.490 e. The number of hydrogen-bond donors (Lipinski definition) is 1. The predicted octanol–water partition coefficient (Wildman–Crippen LogP) is -0.473. The fourth-order valence-electron chi connectivity index (χ4n) is 1.24. The average molecular weight is 264 g/mol. The fraction of sp³-hybridized carbons (Fsp3) is 0.600. The second-order valence-electron chi connectivity index (χ2n) is 3.42. The van der Waals surface area contributed by atoms with Crippen LogP contribution < -0.4 is 5.32 Å². The summed E-state index contributed by atoms with van der Waals surface area (Å²) in [6.07, 6.45) is -5.04. The third-order valence-corrected chi connectivity index (χ3v) is 2.11. The Labute approximate surface area is 101 Å². The first-order valence-electron chi connectivity index (χ1n) is 5.13. The minimum absolute atomic E-state index is 0.487. The molecule has 0 atom stereocenters. The standard InChI is InChI=1S/C10H11F3N2O3/c11-10(12,13)9(17)18-7-1-2-8(16)15-5-3-14-4-6-15/h14H,3-7H2. The summed E-state index contributed by atoms with van der Waals surface area (Å²) in [4.78, 5) is 23.2. The SMILES string of the molecule is O=C(C#CCOC(=O)C(F)(F)F)N1CCNCC1. The Morgan fingerprint density at radius 2 is 1.89 bits per heavy atom. The zero-order chi connectivity index (χ0) is 13.6. The molecule has 0 spiro atoms. The molecule has 1 fully saturated rings. The van der Waals surface area contributed by atoms with Gasteiger partial charge in [-0.05, 0) is 5.92 Å². The molecule has 0 aromatic carbocycles. The van der Waals surface area contributed by atoms with E-state index in [1.165, 1.54) is 4.90 Å². The first-order valence-corrected chi connectivity index (χ1v) is 5.13. The van der Waals surface area contributed by atoms with E-state index < -0.39 is 24.7 Å². The van der Waals surface area contributed by atoms with Crippen molar-refractivity contribution >= 4 is 11.9 Å². The van der Waals surface area contributed by atoms with E-state index >= 15 is 0 Å². The second-order valence-corrected chi connectivity index (χ2v) is 3.42. The van der Waals surface area contributed by atoms with Crippen LogP contribution in [0.25, 0.3) is 0 Å². The molecule has 0 aliphatic carbocycles. The molecule has 1 rings (SSSR count). The molecule has 0 bridgehead atoms. The monoisotopic (exact) mass is 264 g/mol. The molecule has 18 heavy (non-hydrogen) atoms. The minimum atomic E-state index is -5.04. The Kier molecular flexibility index (Phi) is 4.97. The summed E-state index contributed by atoms with van der Waals surface area (Å²) in [5.41, 5.74) is 0. The molecular formula is C10H11F3N2O3. The maximum atomic E-state index is 11.7. The van der Waals surface area contributed by atoms with Gasteiger partial charge in [-0.15, -0.1) is 0 Å². The number of alkyl halides is 3. The van der Waals surface area contributed by atoms with Gasteiger partial charge in [0.05, 0.1) is 0 Å². The molecule has 0 aromatic heterocycles. The number of piperazine rings is 1. The molecule has 1 saturated heterocycles. The second kappa shape index (κ2) is 6.26. The molecule has 1 N–H and O–H groups in total. The normalized spacial score (nSPS) is 15.6. The Morgan fingerprint density at radius 1 is 1.28 bits per heavy atom. The van der Waals surface area contributed by atoms with Crippen molar-refractivity contribution in [3.05, 3.63) is 0 Å². The maximum Gasteiger partial charge on any atom is 0.490 e. The highest BCUT2D eigenvalue weighted by atomic mass is 19.4. The lowest BCUT2D eigenvalue weighted by atomic mass is 10.3. The number of halogens is 3. The molecule has 8 heteroatoms. The lowest BCUT2D eigenvalue weighted by Crippen LogP contribution is -2.46. The summed E-state index contributed by atoms with van der Waals surface area (Å²) in [6.45, 7) is 1.54. The topological polar surface area (TPSA) is 58.6 Å². The first-order chi connectivity index (χ1) is 8.41. The lowest BCUT2D eigenvalue weighted by molar-refractivity contribution is -0.198. The lowest BCUT2D eigenvalue weighted by Gasteiger charge is -2.25. The van der Waals surface area contributed by atoms with Crippen LogP contribution in [0.3, 0.4) is 0 Å². The summed E-state index contributed by atoms with van der Waals surface area (Å²) >= 11 is 0. The molecule has 0 aromatic rings. The van der Waals surface area contributed by atoms with Crippen LogP contribution in [-0.4, -0.2) is 55.7 Å². The Balaban J connectivity index is 2.33. The van der Waals surface area contributed by atoms with E-state index in [2.05, 4.69) is 21.9 Å². The number of nitrogens with one attached hydrogen (secondary N) is 1. The highest BCUT2D eigenvalue weighted by molar-refractivity contribution is 5.93. The molecule has 1 aliphatic heterocycles. The summed E-state index contributed by atoms with van der Waals surface area (Å²) in [6, 6.07) is 0. The van der Waals surface area contributed by atoms with E-state index in [9.17, 15) is 22.8 Å². The van der Waals surface area contributed by atoms with Crippen molar-refractivity contribution in [3.63, 3.8) is 0 Å². The van der Waals surface area contributed by atoms with E-state index in [1.807, 2.05) is 0 Å².